The van der Waals surface area contributed by atoms with Crippen molar-refractivity contribution in [2.45, 2.75) is 52.0 Å². The van der Waals surface area contributed by atoms with Gasteiger partial charge in [0.05, 0.1) is 0 Å². The second-order valence-electron chi connectivity index (χ2n) is 14.6. The van der Waals surface area contributed by atoms with Gasteiger partial charge in [-0.1, -0.05) is 168 Å². The van der Waals surface area contributed by atoms with Gasteiger partial charge in [-0.3, -0.25) is 0 Å². The van der Waals surface area contributed by atoms with E-state index in [-0.39, 0.29) is 5.04 Å². The summed E-state index contributed by atoms with van der Waals surface area (Å²) in [7, 11) is -3.19. The average Bonchev–Trinajstić information content (AvgIpc) is 3.31. The summed E-state index contributed by atoms with van der Waals surface area (Å²) in [6.07, 6.45) is 4.86. The molecule has 0 aromatic heterocycles. The molecule has 0 bridgehead atoms. The third kappa shape index (κ3) is 7.13. The Morgan fingerprint density at radius 2 is 0.769 bits per heavy atom. The Labute approximate surface area is 325 Å². The van der Waals surface area contributed by atoms with Gasteiger partial charge in [-0.25, -0.2) is 0 Å². The lowest BCUT2D eigenvalue weighted by Crippen LogP contribution is -2.73. The van der Waals surface area contributed by atoms with Crippen LogP contribution in [-0.2, 0) is 19.3 Å². The molecule has 0 N–H and O–H groups in total. The van der Waals surface area contributed by atoms with Gasteiger partial charge in [0.2, 0.25) is 0 Å². The molecule has 6 aromatic rings. The number of allylic oxidation sites excluding steroid dienone is 4. The highest BCUT2D eigenvalue weighted by molar-refractivity contribution is 7.14. The molecule has 0 spiro atoms. The van der Waals surface area contributed by atoms with E-state index in [4.69, 9.17) is 34.8 Å². The van der Waals surface area contributed by atoms with Crippen molar-refractivity contribution in [3.8, 4) is 0 Å². The Bertz CT molecular complexity index is 2070. The van der Waals surface area contributed by atoms with Gasteiger partial charge in [0.25, 0.3) is 0 Å². The summed E-state index contributed by atoms with van der Waals surface area (Å²) in [5.41, 5.74) is 11.3. The van der Waals surface area contributed by atoms with Crippen molar-refractivity contribution in [2.75, 3.05) is 0 Å². The molecule has 0 saturated carbocycles. The molecule has 0 fully saturated rings. The monoisotopic (exact) mass is 752 g/mol. The largest absolute Gasteiger partial charge is 0.162 e. The van der Waals surface area contributed by atoms with Crippen LogP contribution in [0.25, 0.3) is 0 Å². The fourth-order valence-corrected chi connectivity index (χ4v) is 15.9. The first kappa shape index (κ1) is 36.3. The van der Waals surface area contributed by atoms with Crippen LogP contribution in [0.5, 0.6) is 0 Å². The molecule has 0 heterocycles. The van der Waals surface area contributed by atoms with E-state index in [1.807, 2.05) is 0 Å². The summed E-state index contributed by atoms with van der Waals surface area (Å²) in [5, 5.41) is 5.56. The Morgan fingerprint density at radius 3 is 1.06 bits per heavy atom. The zero-order chi connectivity index (χ0) is 36.5. The lowest BCUT2D eigenvalue weighted by Gasteiger charge is -2.47. The average molecular weight is 754 g/mol. The van der Waals surface area contributed by atoms with Crippen molar-refractivity contribution in [3.05, 3.63) is 217 Å². The number of hydrogen-bond donors (Lipinski definition) is 0. The molecule has 1 aliphatic carbocycles. The van der Waals surface area contributed by atoms with E-state index in [9.17, 15) is 0 Å². The van der Waals surface area contributed by atoms with Crippen molar-refractivity contribution in [1.82, 2.24) is 0 Å². The van der Waals surface area contributed by atoms with Gasteiger partial charge in [-0.05, 0) is 131 Å². The minimum atomic E-state index is -3.19. The Hall–Kier alpha value is -4.11. The first-order valence-electron chi connectivity index (χ1n) is 17.9. The second kappa shape index (κ2) is 15.1. The first-order chi connectivity index (χ1) is 25.0. The maximum atomic E-state index is 7.23. The highest BCUT2D eigenvalue weighted by Crippen LogP contribution is 2.53. The fourth-order valence-electron chi connectivity index (χ4n) is 8.53. The Kier molecular flexibility index (Phi) is 10.5. The van der Waals surface area contributed by atoms with Crippen LogP contribution in [0, 0.1) is 0 Å². The zero-order valence-corrected chi connectivity index (χ0v) is 33.5. The molecule has 1 unspecified atom stereocenters. The predicted molar refractivity (Wildman–Crippen MR) is 227 cm³/mol. The van der Waals surface area contributed by atoms with Crippen molar-refractivity contribution in [1.29, 1.82) is 0 Å². The summed E-state index contributed by atoms with van der Waals surface area (Å²) in [5.74, 6) is 0. The van der Waals surface area contributed by atoms with E-state index in [2.05, 4.69) is 179 Å². The molecule has 4 heteroatoms. The number of benzene rings is 6. The van der Waals surface area contributed by atoms with Crippen LogP contribution in [0.3, 0.4) is 0 Å². The van der Waals surface area contributed by atoms with Crippen LogP contribution < -0.4 is 15.6 Å². The van der Waals surface area contributed by atoms with Crippen LogP contribution in [0.2, 0.25) is 20.1 Å². The van der Waals surface area contributed by atoms with Crippen molar-refractivity contribution in [3.63, 3.8) is 0 Å². The first-order valence-corrected chi connectivity index (χ1v) is 21.1. The standard InChI is InChI=1S/C48H43Cl3Si/c1-33-32-48(4,35(3)34(33)2)52(45-26-39(23-42(49)29-45)20-36-14-8-5-9-15-36,46-27-40(24-43(50)30-46)21-37-16-10-6-11-17-37)47-28-41(25-44(51)31-47)22-38-18-12-7-13-19-38/h5-19,23-32H,20-22H2,1-4H3. The molecule has 7 rings (SSSR count). The molecule has 1 atom stereocenters. The minimum Gasteiger partial charge on any atom is -0.0843 e. The van der Waals surface area contributed by atoms with Crippen LogP contribution in [0.15, 0.2) is 168 Å². The highest BCUT2D eigenvalue weighted by atomic mass is 35.5. The molecule has 0 saturated heterocycles. The third-order valence-electron chi connectivity index (χ3n) is 11.1. The molecule has 0 nitrogen and oxygen atoms in total. The Balaban J connectivity index is 1.57. The number of halogens is 3. The van der Waals surface area contributed by atoms with E-state index in [0.29, 0.717) is 0 Å². The molecule has 52 heavy (non-hydrogen) atoms. The van der Waals surface area contributed by atoms with Crippen molar-refractivity contribution >= 4 is 58.4 Å². The number of rotatable bonds is 10. The minimum absolute atomic E-state index is 0.376. The van der Waals surface area contributed by atoms with Gasteiger partial charge in [0.15, 0.2) is 8.07 Å². The Morgan fingerprint density at radius 1 is 0.442 bits per heavy atom. The second-order valence-corrected chi connectivity index (χ2v) is 20.1. The van der Waals surface area contributed by atoms with Crippen molar-refractivity contribution < 1.29 is 0 Å². The van der Waals surface area contributed by atoms with Gasteiger partial charge < -0.3 is 0 Å². The van der Waals surface area contributed by atoms with E-state index < -0.39 is 8.07 Å². The maximum absolute atomic E-state index is 7.23. The molecular formula is C48H43Cl3Si. The van der Waals surface area contributed by atoms with E-state index >= 15 is 0 Å². The molecule has 0 aliphatic heterocycles. The van der Waals surface area contributed by atoms with Gasteiger partial charge in [0.1, 0.15) is 0 Å². The van der Waals surface area contributed by atoms with Gasteiger partial charge >= 0.3 is 0 Å². The topological polar surface area (TPSA) is 0 Å². The molecule has 260 valence electrons. The van der Waals surface area contributed by atoms with E-state index in [1.165, 1.54) is 65.7 Å². The molecule has 1 aliphatic rings. The van der Waals surface area contributed by atoms with Gasteiger partial charge in [-0.2, -0.15) is 0 Å². The predicted octanol–water partition coefficient (Wildman–Crippen LogP) is 11.9. The van der Waals surface area contributed by atoms with E-state index in [1.54, 1.807) is 0 Å². The molecule has 6 aromatic carbocycles. The van der Waals surface area contributed by atoms with Crippen LogP contribution in [0.4, 0.5) is 0 Å². The van der Waals surface area contributed by atoms with Gasteiger partial charge in [0, 0.05) is 20.1 Å². The van der Waals surface area contributed by atoms with Crippen LogP contribution in [-0.4, -0.2) is 8.07 Å². The molecule has 0 radical (unpaired) electrons. The molecule has 0 amide bonds. The third-order valence-corrected chi connectivity index (χ3v) is 17.3. The summed E-state index contributed by atoms with van der Waals surface area (Å²) >= 11 is 21.7. The van der Waals surface area contributed by atoms with Gasteiger partial charge in [-0.15, -0.1) is 0 Å². The van der Waals surface area contributed by atoms with E-state index in [0.717, 1.165) is 34.3 Å². The summed E-state index contributed by atoms with van der Waals surface area (Å²) in [4.78, 5) is 0. The quantitative estimate of drug-likeness (QED) is 0.0965. The normalized spacial score (nSPS) is 15.9. The number of hydrogen-bond acceptors (Lipinski definition) is 0. The molecular weight excluding hydrogens is 711 g/mol. The lowest BCUT2D eigenvalue weighted by atomic mass is 10.0. The van der Waals surface area contributed by atoms with Crippen molar-refractivity contribution in [2.24, 2.45) is 0 Å². The zero-order valence-electron chi connectivity index (χ0n) is 30.2. The fraction of sp³-hybridized carbons (Fsp3) is 0.167. The lowest BCUT2D eigenvalue weighted by molar-refractivity contribution is 0.870. The summed E-state index contributed by atoms with van der Waals surface area (Å²) in [6.45, 7) is 9.29. The SMILES string of the molecule is CC1=CC(C)([Si](c2cc(Cl)cc(Cc3ccccc3)c2)(c2cc(Cl)cc(Cc3ccccc3)c2)c2cc(Cl)cc(Cc3ccccc3)c2)C(C)=C1C. The summed E-state index contributed by atoms with van der Waals surface area (Å²) < 4.78 is 0. The van der Waals surface area contributed by atoms with Crippen LogP contribution >= 0.6 is 34.8 Å². The smallest absolute Gasteiger partial charge is 0.0843 e. The highest BCUT2D eigenvalue weighted by Gasteiger charge is 2.56. The maximum Gasteiger partial charge on any atom is 0.162 e. The summed E-state index contributed by atoms with van der Waals surface area (Å²) in [6, 6.07) is 52.3. The van der Waals surface area contributed by atoms with Crippen LogP contribution in [0.1, 0.15) is 61.1 Å².